The first-order valence-electron chi connectivity index (χ1n) is 10.3. The number of halogens is 5. The number of hydrogen-bond acceptors (Lipinski definition) is 2. The molecule has 1 saturated carbocycles. The first-order chi connectivity index (χ1) is 14.7. The molecule has 2 unspecified atom stereocenters. The molecule has 0 aliphatic heterocycles. The number of carbonyl (C=O) groups is 1. The van der Waals surface area contributed by atoms with Crippen molar-refractivity contribution in [1.82, 2.24) is 4.98 Å². The van der Waals surface area contributed by atoms with Crippen LogP contribution in [0.2, 0.25) is 0 Å². The molecule has 0 radical (unpaired) electrons. The molecule has 0 saturated heterocycles. The SMILES string of the molecule is CCc1cc(C2=C(C(F)(F)F)CC3CCCC23)ncc1NC(=O)c1c(F)cccc1F. The third-order valence-corrected chi connectivity index (χ3v) is 6.25. The van der Waals surface area contributed by atoms with Gasteiger partial charge in [-0.15, -0.1) is 0 Å². The highest BCUT2D eigenvalue weighted by Gasteiger charge is 2.48. The number of nitrogens with zero attached hydrogens (tertiary/aromatic N) is 1. The number of fused-ring (bicyclic) bond motifs is 1. The first-order valence-corrected chi connectivity index (χ1v) is 10.3. The highest BCUT2D eigenvalue weighted by Crippen LogP contribution is 2.54. The molecule has 1 aromatic heterocycles. The van der Waals surface area contributed by atoms with Crippen molar-refractivity contribution in [3.63, 3.8) is 0 Å². The van der Waals surface area contributed by atoms with Crippen molar-refractivity contribution >= 4 is 17.2 Å². The van der Waals surface area contributed by atoms with Crippen LogP contribution in [0.3, 0.4) is 0 Å². The van der Waals surface area contributed by atoms with Gasteiger partial charge < -0.3 is 5.32 Å². The zero-order valence-electron chi connectivity index (χ0n) is 16.8. The summed E-state index contributed by atoms with van der Waals surface area (Å²) in [5, 5.41) is 2.45. The Morgan fingerprint density at radius 1 is 1.19 bits per heavy atom. The summed E-state index contributed by atoms with van der Waals surface area (Å²) < 4.78 is 68.9. The minimum atomic E-state index is -4.41. The second-order valence-corrected chi connectivity index (χ2v) is 8.02. The predicted octanol–water partition coefficient (Wildman–Crippen LogP) is 6.31. The van der Waals surface area contributed by atoms with Crippen LogP contribution in [0.25, 0.3) is 5.57 Å². The van der Waals surface area contributed by atoms with Gasteiger partial charge in [0.15, 0.2) is 0 Å². The van der Waals surface area contributed by atoms with Gasteiger partial charge >= 0.3 is 6.18 Å². The van der Waals surface area contributed by atoms with Gasteiger partial charge in [0.2, 0.25) is 0 Å². The highest BCUT2D eigenvalue weighted by molar-refractivity contribution is 6.05. The van der Waals surface area contributed by atoms with Crippen LogP contribution in [-0.4, -0.2) is 17.1 Å². The monoisotopic (exact) mass is 436 g/mol. The number of pyridine rings is 1. The van der Waals surface area contributed by atoms with Crippen molar-refractivity contribution in [2.24, 2.45) is 11.8 Å². The number of nitrogens with one attached hydrogen (secondary N) is 1. The van der Waals surface area contributed by atoms with Crippen molar-refractivity contribution in [2.45, 2.75) is 45.2 Å². The van der Waals surface area contributed by atoms with Crippen molar-refractivity contribution in [1.29, 1.82) is 0 Å². The fraction of sp³-hybridized carbons (Fsp3) is 0.391. The van der Waals surface area contributed by atoms with Crippen molar-refractivity contribution in [3.05, 3.63) is 64.5 Å². The zero-order chi connectivity index (χ0) is 22.3. The number of hydrogen-bond donors (Lipinski definition) is 1. The molecule has 4 rings (SSSR count). The van der Waals surface area contributed by atoms with Gasteiger partial charge in [-0.25, -0.2) is 8.78 Å². The molecule has 1 N–H and O–H groups in total. The van der Waals surface area contributed by atoms with E-state index in [2.05, 4.69) is 10.3 Å². The molecule has 2 aromatic rings. The first kappa shape index (κ1) is 21.5. The van der Waals surface area contributed by atoms with Crippen LogP contribution in [-0.2, 0) is 6.42 Å². The van der Waals surface area contributed by atoms with Crippen LogP contribution < -0.4 is 5.32 Å². The number of carbonyl (C=O) groups excluding carboxylic acids is 1. The summed E-state index contributed by atoms with van der Waals surface area (Å²) in [6.07, 6.45) is -0.361. The fourth-order valence-corrected chi connectivity index (χ4v) is 4.82. The van der Waals surface area contributed by atoms with Crippen molar-refractivity contribution in [2.75, 3.05) is 5.32 Å². The lowest BCUT2D eigenvalue weighted by molar-refractivity contribution is -0.0933. The van der Waals surface area contributed by atoms with Gasteiger partial charge in [-0.05, 0) is 66.9 Å². The molecule has 0 bridgehead atoms. The number of aromatic nitrogens is 1. The third-order valence-electron chi connectivity index (χ3n) is 6.25. The minimum absolute atomic E-state index is 0.0116. The third kappa shape index (κ3) is 3.95. The van der Waals surface area contributed by atoms with Crippen LogP contribution in [0.15, 0.2) is 36.0 Å². The molecule has 31 heavy (non-hydrogen) atoms. The summed E-state index contributed by atoms with van der Waals surface area (Å²) in [6, 6.07) is 4.65. The number of benzene rings is 1. The molecular formula is C23H21F5N2O. The lowest BCUT2D eigenvalue weighted by Gasteiger charge is -2.18. The maximum Gasteiger partial charge on any atom is 0.413 e. The smallest absolute Gasteiger partial charge is 0.320 e. The number of alkyl halides is 3. The largest absolute Gasteiger partial charge is 0.413 e. The average Bonchev–Trinajstić information content (AvgIpc) is 3.29. The zero-order valence-corrected chi connectivity index (χ0v) is 16.8. The van der Waals surface area contributed by atoms with Gasteiger partial charge in [0.05, 0.1) is 17.6 Å². The summed E-state index contributed by atoms with van der Waals surface area (Å²) in [5.74, 6) is -3.16. The molecule has 164 valence electrons. The van der Waals surface area contributed by atoms with Crippen LogP contribution in [0.1, 0.15) is 54.2 Å². The number of allylic oxidation sites excluding steroid dienone is 2. The highest BCUT2D eigenvalue weighted by atomic mass is 19.4. The summed E-state index contributed by atoms with van der Waals surface area (Å²) in [7, 11) is 0. The van der Waals surface area contributed by atoms with Crippen LogP contribution in [0.5, 0.6) is 0 Å². The van der Waals surface area contributed by atoms with Crippen LogP contribution >= 0.6 is 0 Å². The topological polar surface area (TPSA) is 42.0 Å². The summed E-state index contributed by atoms with van der Waals surface area (Å²) in [5.41, 5.74) is 0.0400. The van der Waals surface area contributed by atoms with Crippen molar-refractivity contribution < 1.29 is 26.7 Å². The maximum absolute atomic E-state index is 13.9. The molecule has 8 heteroatoms. The Morgan fingerprint density at radius 2 is 1.90 bits per heavy atom. The fourth-order valence-electron chi connectivity index (χ4n) is 4.82. The molecule has 1 heterocycles. The second-order valence-electron chi connectivity index (χ2n) is 8.02. The van der Waals surface area contributed by atoms with Gasteiger partial charge in [-0.1, -0.05) is 19.4 Å². The van der Waals surface area contributed by atoms with Gasteiger partial charge in [0, 0.05) is 5.57 Å². The Hall–Kier alpha value is -2.77. The minimum Gasteiger partial charge on any atom is -0.320 e. The van der Waals surface area contributed by atoms with E-state index >= 15 is 0 Å². The summed E-state index contributed by atoms with van der Waals surface area (Å²) in [4.78, 5) is 16.6. The average molecular weight is 436 g/mol. The van der Waals surface area contributed by atoms with E-state index in [1.165, 1.54) is 6.20 Å². The maximum atomic E-state index is 13.9. The number of anilines is 1. The van der Waals surface area contributed by atoms with E-state index in [1.807, 2.05) is 0 Å². The second kappa shape index (κ2) is 8.05. The van der Waals surface area contributed by atoms with Gasteiger partial charge in [0.25, 0.3) is 5.91 Å². The quantitative estimate of drug-likeness (QED) is 0.571. The van der Waals surface area contributed by atoms with Crippen LogP contribution in [0.4, 0.5) is 27.6 Å². The standard InChI is InChI=1S/C23H21F5N2O/c1-2-12-10-18(20-14-6-3-5-13(14)9-15(20)23(26,27)28)29-11-19(12)30-22(31)21-16(24)7-4-8-17(21)25/h4,7-8,10-11,13-14H,2-3,5-6,9H2,1H3,(H,30,31). The van der Waals surface area contributed by atoms with Crippen LogP contribution in [0, 0.1) is 23.5 Å². The Bertz CT molecular complexity index is 1040. The van der Waals surface area contributed by atoms with E-state index in [1.54, 1.807) is 13.0 Å². The van der Waals surface area contributed by atoms with E-state index in [9.17, 15) is 26.7 Å². The molecule has 2 atom stereocenters. The van der Waals surface area contributed by atoms with Gasteiger partial charge in [0.1, 0.15) is 17.2 Å². The molecule has 2 aliphatic rings. The molecule has 3 nitrogen and oxygen atoms in total. The number of rotatable bonds is 4. The number of amides is 1. The molecular weight excluding hydrogens is 415 g/mol. The normalized spacial score (nSPS) is 20.8. The van der Waals surface area contributed by atoms with E-state index in [0.29, 0.717) is 18.4 Å². The summed E-state index contributed by atoms with van der Waals surface area (Å²) in [6.45, 7) is 1.78. The molecule has 1 aromatic carbocycles. The van der Waals surface area contributed by atoms with Gasteiger partial charge in [-0.2, -0.15) is 13.2 Å². The Labute approximate surface area is 176 Å². The Kier molecular flexibility index (Phi) is 5.58. The van der Waals surface area contributed by atoms with E-state index in [-0.39, 0.29) is 35.2 Å². The summed E-state index contributed by atoms with van der Waals surface area (Å²) >= 11 is 0. The van der Waals surface area contributed by atoms with Gasteiger partial charge in [-0.3, -0.25) is 9.78 Å². The number of aryl methyl sites for hydroxylation is 1. The molecule has 1 amide bonds. The molecule has 0 spiro atoms. The molecule has 1 fully saturated rings. The Morgan fingerprint density at radius 3 is 2.55 bits per heavy atom. The van der Waals surface area contributed by atoms with E-state index in [0.717, 1.165) is 31.0 Å². The Balaban J connectivity index is 1.69. The predicted molar refractivity (Wildman–Crippen MR) is 106 cm³/mol. The van der Waals surface area contributed by atoms with E-state index in [4.69, 9.17) is 0 Å². The van der Waals surface area contributed by atoms with Crippen molar-refractivity contribution in [3.8, 4) is 0 Å². The van der Waals surface area contributed by atoms with E-state index < -0.39 is 34.9 Å². The lowest BCUT2D eigenvalue weighted by atomic mass is 9.92. The molecule has 2 aliphatic carbocycles. The lowest BCUT2D eigenvalue weighted by Crippen LogP contribution is -2.17.